The maximum Gasteiger partial charge on any atom is 0.207 e. The summed E-state index contributed by atoms with van der Waals surface area (Å²) in [6.45, 7) is 6.44. The molecule has 0 bridgehead atoms. The summed E-state index contributed by atoms with van der Waals surface area (Å²) in [4.78, 5) is 2.80. The van der Waals surface area contributed by atoms with Crippen LogP contribution in [0.2, 0.25) is 0 Å². The Hall–Kier alpha value is -0.880. The van der Waals surface area contributed by atoms with E-state index in [0.717, 1.165) is 44.4 Å². The molecule has 0 spiro atoms. The zero-order valence-electron chi connectivity index (χ0n) is 12.4. The molecule has 0 radical (unpaired) electrons. The molecule has 0 unspecified atom stereocenters. The molecule has 6 heteroatoms. The van der Waals surface area contributed by atoms with Gasteiger partial charge in [0, 0.05) is 19.6 Å². The minimum absolute atomic E-state index is 0.569. The maximum absolute atomic E-state index is 8.02. The van der Waals surface area contributed by atoms with Crippen LogP contribution in [-0.4, -0.2) is 36.1 Å². The van der Waals surface area contributed by atoms with E-state index in [-0.39, 0.29) is 0 Å². The molecule has 114 valence electrons. The number of rotatable bonds is 8. The molecule has 0 aromatic carbocycles. The van der Waals surface area contributed by atoms with Crippen molar-refractivity contribution in [2.24, 2.45) is 0 Å². The zero-order valence-corrected chi connectivity index (χ0v) is 13.3. The minimum Gasteiger partial charge on any atom is -0.378 e. The number of nitrogens with one attached hydrogen (secondary N) is 1. The van der Waals surface area contributed by atoms with E-state index in [4.69, 9.17) is 10.1 Å². The third-order valence-corrected chi connectivity index (χ3v) is 4.56. The quantitative estimate of drug-likeness (QED) is 0.751. The van der Waals surface area contributed by atoms with Gasteiger partial charge in [0.25, 0.3) is 0 Å². The highest BCUT2D eigenvalue weighted by Crippen LogP contribution is 2.15. The van der Waals surface area contributed by atoms with E-state index in [1.54, 1.807) is 0 Å². The van der Waals surface area contributed by atoms with Gasteiger partial charge < -0.3 is 9.64 Å². The molecule has 2 rings (SSSR count). The summed E-state index contributed by atoms with van der Waals surface area (Å²) in [5.41, 5.74) is 0. The average Bonchev–Trinajstić information content (AvgIpc) is 2.85. The van der Waals surface area contributed by atoms with Gasteiger partial charge in [-0.1, -0.05) is 50.4 Å². The lowest BCUT2D eigenvalue weighted by Crippen LogP contribution is -2.36. The van der Waals surface area contributed by atoms with E-state index < -0.39 is 0 Å². The Kier molecular flexibility index (Phi) is 6.53. The summed E-state index contributed by atoms with van der Waals surface area (Å²) < 4.78 is 7.21. The number of morpholine rings is 1. The second-order valence-corrected chi connectivity index (χ2v) is 6.24. The summed E-state index contributed by atoms with van der Waals surface area (Å²) in [6, 6.07) is 0. The molecule has 1 fully saturated rings. The standard InChI is InChI=1S/C14H26N4OS/c1-2-3-4-5-6-7-8-18-13(15)20-14(16-18)17-9-11-19-12-10-17/h15H,2-12H2,1H3. The van der Waals surface area contributed by atoms with Crippen molar-refractivity contribution in [3.05, 3.63) is 4.80 Å². The van der Waals surface area contributed by atoms with Gasteiger partial charge in [0.2, 0.25) is 9.93 Å². The first-order valence-electron chi connectivity index (χ1n) is 7.76. The third kappa shape index (κ3) is 4.59. The van der Waals surface area contributed by atoms with E-state index >= 15 is 0 Å². The van der Waals surface area contributed by atoms with E-state index in [1.165, 1.54) is 43.4 Å². The first-order chi connectivity index (χ1) is 9.81. The number of anilines is 1. The van der Waals surface area contributed by atoms with Crippen molar-refractivity contribution in [2.45, 2.75) is 52.0 Å². The van der Waals surface area contributed by atoms with Crippen LogP contribution in [0.25, 0.3) is 0 Å². The normalized spacial score (nSPS) is 15.8. The fourth-order valence-corrected chi connectivity index (χ4v) is 3.25. The second-order valence-electron chi connectivity index (χ2n) is 5.28. The highest BCUT2D eigenvalue weighted by Gasteiger charge is 2.15. The summed E-state index contributed by atoms with van der Waals surface area (Å²) in [7, 11) is 0. The van der Waals surface area contributed by atoms with E-state index in [0.29, 0.717) is 4.80 Å². The van der Waals surface area contributed by atoms with Crippen LogP contribution in [0.15, 0.2) is 0 Å². The molecule has 0 amide bonds. The number of aryl methyl sites for hydroxylation is 1. The van der Waals surface area contributed by atoms with Crippen molar-refractivity contribution in [3.63, 3.8) is 0 Å². The molecule has 1 aliphatic heterocycles. The molecule has 1 aromatic rings. The highest BCUT2D eigenvalue weighted by molar-refractivity contribution is 7.12. The van der Waals surface area contributed by atoms with Crippen LogP contribution in [0.3, 0.4) is 0 Å². The van der Waals surface area contributed by atoms with Gasteiger partial charge in [-0.05, 0) is 6.42 Å². The lowest BCUT2D eigenvalue weighted by Gasteiger charge is -2.25. The van der Waals surface area contributed by atoms with Crippen LogP contribution in [0.1, 0.15) is 45.4 Å². The van der Waals surface area contributed by atoms with Crippen molar-refractivity contribution in [1.82, 2.24) is 9.78 Å². The van der Waals surface area contributed by atoms with Crippen LogP contribution < -0.4 is 9.70 Å². The number of hydrogen-bond donors (Lipinski definition) is 1. The Labute approximate surface area is 125 Å². The molecule has 0 saturated carbocycles. The summed E-state index contributed by atoms with van der Waals surface area (Å²) >= 11 is 1.48. The van der Waals surface area contributed by atoms with Crippen molar-refractivity contribution < 1.29 is 4.74 Å². The number of nitrogens with zero attached hydrogens (tertiary/aromatic N) is 3. The molecule has 0 aliphatic carbocycles. The van der Waals surface area contributed by atoms with Gasteiger partial charge in [-0.15, -0.1) is 5.10 Å². The van der Waals surface area contributed by atoms with Crippen LogP contribution in [0.5, 0.6) is 0 Å². The van der Waals surface area contributed by atoms with Gasteiger partial charge in [-0.2, -0.15) is 0 Å². The molecular formula is C14H26N4OS. The number of unbranched alkanes of at least 4 members (excludes halogenated alkanes) is 5. The van der Waals surface area contributed by atoms with Crippen LogP contribution >= 0.6 is 11.3 Å². The van der Waals surface area contributed by atoms with Gasteiger partial charge >= 0.3 is 0 Å². The van der Waals surface area contributed by atoms with E-state index in [1.807, 2.05) is 4.68 Å². The molecule has 0 atom stereocenters. The van der Waals surface area contributed by atoms with Gasteiger partial charge in [0.05, 0.1) is 13.2 Å². The Morgan fingerprint density at radius 3 is 2.60 bits per heavy atom. The minimum atomic E-state index is 0.569. The number of ether oxygens (including phenoxy) is 1. The smallest absolute Gasteiger partial charge is 0.207 e. The Balaban J connectivity index is 1.77. The van der Waals surface area contributed by atoms with Crippen LogP contribution in [0, 0.1) is 5.41 Å². The fourth-order valence-electron chi connectivity index (χ4n) is 2.38. The number of hydrogen-bond acceptors (Lipinski definition) is 5. The van der Waals surface area contributed by atoms with E-state index in [2.05, 4.69) is 16.9 Å². The fraction of sp³-hybridized carbons (Fsp3) is 0.857. The Morgan fingerprint density at radius 2 is 1.85 bits per heavy atom. The van der Waals surface area contributed by atoms with Gasteiger partial charge in [0.1, 0.15) is 0 Å². The van der Waals surface area contributed by atoms with Crippen LogP contribution in [-0.2, 0) is 11.3 Å². The first-order valence-corrected chi connectivity index (χ1v) is 8.58. The van der Waals surface area contributed by atoms with Gasteiger partial charge in [0.15, 0.2) is 0 Å². The largest absolute Gasteiger partial charge is 0.378 e. The average molecular weight is 298 g/mol. The highest BCUT2D eigenvalue weighted by atomic mass is 32.1. The molecule has 5 nitrogen and oxygen atoms in total. The lowest BCUT2D eigenvalue weighted by atomic mass is 10.1. The van der Waals surface area contributed by atoms with E-state index in [9.17, 15) is 0 Å². The SMILES string of the molecule is CCCCCCCCn1nc(N2CCOCC2)sc1=N. The van der Waals surface area contributed by atoms with Crippen molar-refractivity contribution in [1.29, 1.82) is 5.41 Å². The second kappa shape index (κ2) is 8.42. The molecule has 1 saturated heterocycles. The predicted molar refractivity (Wildman–Crippen MR) is 82.4 cm³/mol. The Morgan fingerprint density at radius 1 is 1.15 bits per heavy atom. The third-order valence-electron chi connectivity index (χ3n) is 3.63. The molecular weight excluding hydrogens is 272 g/mol. The topological polar surface area (TPSA) is 54.1 Å². The first kappa shape index (κ1) is 15.5. The van der Waals surface area contributed by atoms with Gasteiger partial charge in [-0.25, -0.2) is 4.68 Å². The maximum atomic E-state index is 8.02. The van der Waals surface area contributed by atoms with Crippen molar-refractivity contribution >= 4 is 16.5 Å². The Bertz CT molecular complexity index is 437. The summed E-state index contributed by atoms with van der Waals surface area (Å²) in [5.74, 6) is 0. The molecule has 20 heavy (non-hydrogen) atoms. The zero-order chi connectivity index (χ0) is 14.2. The number of aromatic nitrogens is 2. The molecule has 1 aromatic heterocycles. The summed E-state index contributed by atoms with van der Waals surface area (Å²) in [5, 5.41) is 13.6. The van der Waals surface area contributed by atoms with Crippen molar-refractivity contribution in [3.8, 4) is 0 Å². The summed E-state index contributed by atoms with van der Waals surface area (Å²) in [6.07, 6.45) is 7.66. The lowest BCUT2D eigenvalue weighted by molar-refractivity contribution is 0.122. The molecule has 2 heterocycles. The van der Waals surface area contributed by atoms with Crippen LogP contribution in [0.4, 0.5) is 5.13 Å². The predicted octanol–water partition coefficient (Wildman–Crippen LogP) is 2.62. The van der Waals surface area contributed by atoms with Gasteiger partial charge in [-0.3, -0.25) is 5.41 Å². The van der Waals surface area contributed by atoms with Crippen molar-refractivity contribution in [2.75, 3.05) is 31.2 Å². The molecule has 1 aliphatic rings. The molecule has 1 N–H and O–H groups in total. The monoisotopic (exact) mass is 298 g/mol.